The molecule has 2 rings (SSSR count). The second-order valence-electron chi connectivity index (χ2n) is 4.32. The van der Waals surface area contributed by atoms with Crippen molar-refractivity contribution < 1.29 is 19.4 Å². The minimum absolute atomic E-state index is 0.0908. The highest BCUT2D eigenvalue weighted by Gasteiger charge is 2.20. The lowest BCUT2D eigenvalue weighted by atomic mass is 10.2. The van der Waals surface area contributed by atoms with E-state index in [1.165, 1.54) is 7.11 Å². The highest BCUT2D eigenvalue weighted by Crippen LogP contribution is 2.08. The van der Waals surface area contributed by atoms with E-state index in [1.807, 2.05) is 0 Å². The predicted molar refractivity (Wildman–Crippen MR) is 74.3 cm³/mol. The standard InChI is InChI=1S/C14H15N3O4/c1-21-9-12(14(19)20)16-13(18)10-3-5-11(6-4-10)17-8-2-7-15-17/h2-8,12H,9H2,1H3,(H,16,18)(H,19,20). The van der Waals surface area contributed by atoms with Gasteiger partial charge in [0.1, 0.15) is 0 Å². The summed E-state index contributed by atoms with van der Waals surface area (Å²) in [5, 5.41) is 15.4. The van der Waals surface area contributed by atoms with Gasteiger partial charge in [-0.15, -0.1) is 0 Å². The summed E-state index contributed by atoms with van der Waals surface area (Å²) in [4.78, 5) is 22.9. The largest absolute Gasteiger partial charge is 0.480 e. The van der Waals surface area contributed by atoms with Crippen molar-refractivity contribution in [3.05, 3.63) is 48.3 Å². The molecule has 1 aromatic carbocycles. The van der Waals surface area contributed by atoms with Crippen molar-refractivity contribution >= 4 is 11.9 Å². The topological polar surface area (TPSA) is 93.5 Å². The van der Waals surface area contributed by atoms with E-state index in [1.54, 1.807) is 47.4 Å². The summed E-state index contributed by atoms with van der Waals surface area (Å²) in [6.45, 7) is -0.0908. The number of carbonyl (C=O) groups excluding carboxylic acids is 1. The van der Waals surface area contributed by atoms with E-state index in [0.29, 0.717) is 5.56 Å². The van der Waals surface area contributed by atoms with Crippen LogP contribution in [0.25, 0.3) is 5.69 Å². The van der Waals surface area contributed by atoms with E-state index in [2.05, 4.69) is 10.4 Å². The maximum Gasteiger partial charge on any atom is 0.328 e. The molecular formula is C14H15N3O4. The van der Waals surface area contributed by atoms with Gasteiger partial charge in [0.15, 0.2) is 6.04 Å². The third-order valence-corrected chi connectivity index (χ3v) is 2.84. The van der Waals surface area contributed by atoms with Crippen LogP contribution in [0.15, 0.2) is 42.7 Å². The van der Waals surface area contributed by atoms with Gasteiger partial charge >= 0.3 is 5.97 Å². The molecule has 7 nitrogen and oxygen atoms in total. The molecule has 0 saturated heterocycles. The molecule has 1 atom stereocenters. The van der Waals surface area contributed by atoms with Crippen molar-refractivity contribution in [2.75, 3.05) is 13.7 Å². The second kappa shape index (κ2) is 6.67. The predicted octanol–water partition coefficient (Wildman–Crippen LogP) is 0.702. The molecule has 0 aliphatic rings. The fourth-order valence-corrected chi connectivity index (χ4v) is 1.77. The Morgan fingerprint density at radius 3 is 2.62 bits per heavy atom. The molecule has 1 unspecified atom stereocenters. The number of carbonyl (C=O) groups is 2. The molecule has 0 aliphatic heterocycles. The van der Waals surface area contributed by atoms with Crippen molar-refractivity contribution in [2.45, 2.75) is 6.04 Å². The van der Waals surface area contributed by atoms with Crippen molar-refractivity contribution in [1.82, 2.24) is 15.1 Å². The van der Waals surface area contributed by atoms with E-state index in [0.717, 1.165) is 5.69 Å². The average Bonchev–Trinajstić information content (AvgIpc) is 3.01. The maximum atomic E-state index is 12.0. The zero-order valence-corrected chi connectivity index (χ0v) is 11.4. The van der Waals surface area contributed by atoms with Crippen LogP contribution < -0.4 is 5.32 Å². The Kier molecular flexibility index (Phi) is 4.68. The fraction of sp³-hybridized carbons (Fsp3) is 0.214. The Labute approximate surface area is 121 Å². The van der Waals surface area contributed by atoms with E-state index >= 15 is 0 Å². The van der Waals surface area contributed by atoms with Gasteiger partial charge in [-0.25, -0.2) is 9.48 Å². The Bertz CT molecular complexity index is 608. The summed E-state index contributed by atoms with van der Waals surface area (Å²) in [6.07, 6.45) is 3.44. The highest BCUT2D eigenvalue weighted by molar-refractivity contribution is 5.96. The molecule has 2 N–H and O–H groups in total. The lowest BCUT2D eigenvalue weighted by molar-refractivity contribution is -0.140. The highest BCUT2D eigenvalue weighted by atomic mass is 16.5. The zero-order valence-electron chi connectivity index (χ0n) is 11.4. The van der Waals surface area contributed by atoms with Gasteiger partial charge in [-0.1, -0.05) is 0 Å². The van der Waals surface area contributed by atoms with Gasteiger partial charge in [0.05, 0.1) is 12.3 Å². The number of benzene rings is 1. The number of carboxylic acid groups (broad SMARTS) is 1. The molecule has 110 valence electrons. The van der Waals surface area contributed by atoms with Gasteiger partial charge in [-0.05, 0) is 30.3 Å². The number of ether oxygens (including phenoxy) is 1. The van der Waals surface area contributed by atoms with E-state index < -0.39 is 17.9 Å². The third-order valence-electron chi connectivity index (χ3n) is 2.84. The van der Waals surface area contributed by atoms with E-state index in [-0.39, 0.29) is 6.61 Å². The quantitative estimate of drug-likeness (QED) is 0.816. The van der Waals surface area contributed by atoms with Crippen molar-refractivity contribution in [3.63, 3.8) is 0 Å². The van der Waals surface area contributed by atoms with Crippen LogP contribution in [0, 0.1) is 0 Å². The molecular weight excluding hydrogens is 274 g/mol. The first-order valence-electron chi connectivity index (χ1n) is 6.24. The first-order chi connectivity index (χ1) is 10.1. The number of amides is 1. The van der Waals surface area contributed by atoms with Crippen LogP contribution in [-0.4, -0.2) is 46.5 Å². The first-order valence-corrected chi connectivity index (χ1v) is 6.24. The normalized spacial score (nSPS) is 11.9. The molecule has 2 aromatic rings. The molecule has 0 aliphatic carbocycles. The zero-order chi connectivity index (χ0) is 15.2. The summed E-state index contributed by atoms with van der Waals surface area (Å²) in [6, 6.07) is 7.40. The number of hydrogen-bond acceptors (Lipinski definition) is 4. The molecule has 1 amide bonds. The van der Waals surface area contributed by atoms with Crippen LogP contribution in [0.3, 0.4) is 0 Å². The monoisotopic (exact) mass is 289 g/mol. The van der Waals surface area contributed by atoms with Crippen LogP contribution in [0.1, 0.15) is 10.4 Å². The van der Waals surface area contributed by atoms with Crippen LogP contribution in [0.5, 0.6) is 0 Å². The number of aliphatic carboxylic acids is 1. The van der Waals surface area contributed by atoms with Crippen LogP contribution in [0.2, 0.25) is 0 Å². The number of hydrogen-bond donors (Lipinski definition) is 2. The Morgan fingerprint density at radius 2 is 2.10 bits per heavy atom. The molecule has 1 aromatic heterocycles. The molecule has 1 heterocycles. The smallest absolute Gasteiger partial charge is 0.328 e. The van der Waals surface area contributed by atoms with Crippen LogP contribution >= 0.6 is 0 Å². The summed E-state index contributed by atoms with van der Waals surface area (Å²) < 4.78 is 6.42. The summed E-state index contributed by atoms with van der Waals surface area (Å²) in [7, 11) is 1.38. The van der Waals surface area contributed by atoms with Gasteiger partial charge in [0.25, 0.3) is 5.91 Å². The molecule has 0 bridgehead atoms. The Balaban J connectivity index is 2.07. The summed E-state index contributed by atoms with van der Waals surface area (Å²) >= 11 is 0. The minimum Gasteiger partial charge on any atom is -0.480 e. The number of aromatic nitrogens is 2. The average molecular weight is 289 g/mol. The molecule has 0 saturated carbocycles. The minimum atomic E-state index is -1.14. The number of carboxylic acids is 1. The number of nitrogens with zero attached hydrogens (tertiary/aromatic N) is 2. The van der Waals surface area contributed by atoms with E-state index in [4.69, 9.17) is 9.84 Å². The SMILES string of the molecule is COCC(NC(=O)c1ccc(-n2cccn2)cc1)C(=O)O. The number of methoxy groups -OCH3 is 1. The number of nitrogens with one attached hydrogen (secondary N) is 1. The van der Waals surface area contributed by atoms with E-state index in [9.17, 15) is 9.59 Å². The lowest BCUT2D eigenvalue weighted by Crippen LogP contribution is -2.43. The molecule has 21 heavy (non-hydrogen) atoms. The van der Waals surface area contributed by atoms with Crippen molar-refractivity contribution in [1.29, 1.82) is 0 Å². The summed E-state index contributed by atoms with van der Waals surface area (Å²) in [5.74, 6) is -1.61. The first kappa shape index (κ1) is 14.7. The lowest BCUT2D eigenvalue weighted by Gasteiger charge is -2.13. The van der Waals surface area contributed by atoms with Gasteiger partial charge in [-0.3, -0.25) is 4.79 Å². The summed E-state index contributed by atoms with van der Waals surface area (Å²) in [5.41, 5.74) is 1.18. The number of rotatable bonds is 6. The fourth-order valence-electron chi connectivity index (χ4n) is 1.77. The van der Waals surface area contributed by atoms with Crippen molar-refractivity contribution in [3.8, 4) is 5.69 Å². The third kappa shape index (κ3) is 3.67. The maximum absolute atomic E-state index is 12.0. The van der Waals surface area contributed by atoms with Crippen LogP contribution in [0.4, 0.5) is 0 Å². The van der Waals surface area contributed by atoms with Crippen molar-refractivity contribution in [2.24, 2.45) is 0 Å². The Hall–Kier alpha value is -2.67. The van der Waals surface area contributed by atoms with Gasteiger partial charge in [-0.2, -0.15) is 5.10 Å². The van der Waals surface area contributed by atoms with Crippen LogP contribution in [-0.2, 0) is 9.53 Å². The molecule has 0 spiro atoms. The molecule has 0 radical (unpaired) electrons. The Morgan fingerprint density at radius 1 is 1.38 bits per heavy atom. The second-order valence-corrected chi connectivity index (χ2v) is 4.32. The van der Waals surface area contributed by atoms with Gasteiger partial charge < -0.3 is 15.2 Å². The molecule has 0 fully saturated rings. The molecule has 7 heteroatoms. The van der Waals surface area contributed by atoms with Gasteiger partial charge in [0, 0.05) is 25.1 Å². The van der Waals surface area contributed by atoms with Gasteiger partial charge in [0.2, 0.25) is 0 Å².